The molecule has 0 aliphatic carbocycles. The number of nitrogens with one attached hydrogen (secondary N) is 2. The lowest BCUT2D eigenvalue weighted by Crippen LogP contribution is -2.63. The van der Waals surface area contributed by atoms with Crippen LogP contribution in [0, 0.1) is 6.92 Å². The molecule has 0 unspecified atom stereocenters. The van der Waals surface area contributed by atoms with Gasteiger partial charge in [0, 0.05) is 51.9 Å². The Labute approximate surface area is 290 Å². The van der Waals surface area contributed by atoms with Gasteiger partial charge in [-0.25, -0.2) is 0 Å². The number of esters is 4. The Morgan fingerprint density at radius 3 is 2.20 bits per heavy atom. The molecule has 16 heteroatoms. The summed E-state index contributed by atoms with van der Waals surface area (Å²) < 4.78 is 40.0. The normalized spacial score (nSPS) is 20.1. The molecular weight excluding hydrogens is 658 g/mol. The number of carboxylic acid groups (broad SMARTS) is 1. The first kappa shape index (κ1) is 39.7. The molecule has 16 nitrogen and oxygen atoms in total. The molecule has 50 heavy (non-hydrogen) atoms. The average molecular weight is 706 g/mol. The molecule has 0 spiro atoms. The molecule has 2 heterocycles. The minimum absolute atomic E-state index is 0.00253. The first-order chi connectivity index (χ1) is 23.7. The molecular formula is C34H47N3O13. The minimum Gasteiger partial charge on any atom is -0.494 e. The number of carboxylic acids is 1. The van der Waals surface area contributed by atoms with E-state index in [1.165, 1.54) is 6.92 Å². The van der Waals surface area contributed by atoms with Gasteiger partial charge in [0.2, 0.25) is 18.3 Å². The van der Waals surface area contributed by atoms with E-state index in [9.17, 15) is 24.0 Å². The standard InChI is InChI=1S/C34H47N3O13/c1-18(2)29-26(16-24-9-10-25(15-19(24)3)44-14-8-12-35-13-11-28(42)43)33(37-36-29)50-34-32(48-23(7)41)31(47-22(6)40)30(46-21(5)39)27(49-34)17-45-20(4)38/h9-10,15,18,27,30-32,34-35H,8,11-14,16-17H2,1-7H3,(H,36,37)(H,42,43)/t27-,30-,31+,32-,34+/m1/s1. The van der Waals surface area contributed by atoms with E-state index in [1.807, 2.05) is 39.0 Å². The van der Waals surface area contributed by atoms with Gasteiger partial charge in [-0.15, -0.1) is 5.10 Å². The van der Waals surface area contributed by atoms with Crippen LogP contribution in [0.15, 0.2) is 18.2 Å². The lowest BCUT2D eigenvalue weighted by atomic mass is 9.96. The smallest absolute Gasteiger partial charge is 0.304 e. The number of aromatic amines is 1. The van der Waals surface area contributed by atoms with Gasteiger partial charge in [0.25, 0.3) is 0 Å². The molecule has 1 saturated heterocycles. The summed E-state index contributed by atoms with van der Waals surface area (Å²) in [6.07, 6.45) is -5.59. The molecule has 0 radical (unpaired) electrons. The SMILES string of the molecule is CC(=O)OC[C@H]1O[C@@H](Oc2n[nH]c(C(C)C)c2Cc2ccc(OCCCNCCC(=O)O)cc2C)[C@H](OC(C)=O)[C@@H](OC(C)=O)[C@@H]1OC(C)=O. The number of carbonyl (C=O) groups is 5. The number of aromatic nitrogens is 2. The summed E-state index contributed by atoms with van der Waals surface area (Å²) in [4.78, 5) is 58.9. The van der Waals surface area contributed by atoms with Gasteiger partial charge < -0.3 is 43.6 Å². The second kappa shape index (κ2) is 18.9. The Morgan fingerprint density at radius 2 is 1.60 bits per heavy atom. The third-order valence-corrected chi connectivity index (χ3v) is 7.58. The summed E-state index contributed by atoms with van der Waals surface area (Å²) in [6, 6.07) is 5.71. The molecule has 5 atom stereocenters. The van der Waals surface area contributed by atoms with E-state index in [-0.39, 0.29) is 18.2 Å². The summed E-state index contributed by atoms with van der Waals surface area (Å²) in [7, 11) is 0. The van der Waals surface area contributed by atoms with Crippen molar-refractivity contribution in [1.82, 2.24) is 15.5 Å². The van der Waals surface area contributed by atoms with Gasteiger partial charge in [0.1, 0.15) is 18.5 Å². The van der Waals surface area contributed by atoms with Gasteiger partial charge in [0.15, 0.2) is 12.2 Å². The average Bonchev–Trinajstić information content (AvgIpc) is 3.41. The number of hydrogen-bond donors (Lipinski definition) is 3. The Morgan fingerprint density at radius 1 is 0.940 bits per heavy atom. The van der Waals surface area contributed by atoms with Crippen LogP contribution in [0.25, 0.3) is 0 Å². The van der Waals surface area contributed by atoms with Crippen LogP contribution in [0.1, 0.15) is 82.7 Å². The van der Waals surface area contributed by atoms with Crippen molar-refractivity contribution in [3.63, 3.8) is 0 Å². The molecule has 1 aromatic heterocycles. The summed E-state index contributed by atoms with van der Waals surface area (Å²) in [5, 5.41) is 19.2. The second-order valence-electron chi connectivity index (χ2n) is 12.1. The molecule has 0 bridgehead atoms. The highest BCUT2D eigenvalue weighted by atomic mass is 16.7. The second-order valence-corrected chi connectivity index (χ2v) is 12.1. The Hall–Kier alpha value is -4.70. The topological polar surface area (TPSA) is 211 Å². The van der Waals surface area contributed by atoms with Gasteiger partial charge in [0.05, 0.1) is 13.0 Å². The molecule has 0 amide bonds. The quantitative estimate of drug-likeness (QED) is 0.116. The Bertz CT molecular complexity index is 1490. The van der Waals surface area contributed by atoms with Gasteiger partial charge >= 0.3 is 29.8 Å². The van der Waals surface area contributed by atoms with E-state index < -0.39 is 67.2 Å². The zero-order valence-corrected chi connectivity index (χ0v) is 29.4. The molecule has 276 valence electrons. The highest BCUT2D eigenvalue weighted by Crippen LogP contribution is 2.34. The van der Waals surface area contributed by atoms with Crippen LogP contribution in [-0.4, -0.2) is 102 Å². The van der Waals surface area contributed by atoms with E-state index in [4.69, 9.17) is 38.3 Å². The third kappa shape index (κ3) is 12.0. The maximum atomic E-state index is 12.3. The van der Waals surface area contributed by atoms with Crippen LogP contribution in [0.4, 0.5) is 0 Å². The van der Waals surface area contributed by atoms with Crippen molar-refractivity contribution in [2.24, 2.45) is 0 Å². The molecule has 0 saturated carbocycles. The maximum absolute atomic E-state index is 12.3. The number of aliphatic carboxylic acids is 1. The fraction of sp³-hybridized carbons (Fsp3) is 0.588. The summed E-state index contributed by atoms with van der Waals surface area (Å²) in [6.45, 7) is 11.6. The van der Waals surface area contributed by atoms with Crippen molar-refractivity contribution in [2.45, 2.75) is 104 Å². The van der Waals surface area contributed by atoms with E-state index >= 15 is 0 Å². The summed E-state index contributed by atoms with van der Waals surface area (Å²) in [5.74, 6) is -2.91. The molecule has 2 aromatic rings. The van der Waals surface area contributed by atoms with Crippen LogP contribution in [0.5, 0.6) is 11.6 Å². The number of carbonyl (C=O) groups excluding carboxylic acids is 4. The number of aryl methyl sites for hydroxylation is 1. The van der Waals surface area contributed by atoms with Gasteiger partial charge in [-0.1, -0.05) is 19.9 Å². The first-order valence-corrected chi connectivity index (χ1v) is 16.3. The van der Waals surface area contributed by atoms with E-state index in [0.717, 1.165) is 37.6 Å². The van der Waals surface area contributed by atoms with Crippen molar-refractivity contribution >= 4 is 29.8 Å². The Balaban J connectivity index is 1.88. The van der Waals surface area contributed by atoms with Gasteiger partial charge in [-0.3, -0.25) is 29.1 Å². The predicted octanol–water partition coefficient (Wildman–Crippen LogP) is 2.73. The van der Waals surface area contributed by atoms with Crippen molar-refractivity contribution in [1.29, 1.82) is 0 Å². The molecule has 3 N–H and O–H groups in total. The fourth-order valence-corrected chi connectivity index (χ4v) is 5.36. The highest BCUT2D eigenvalue weighted by Gasteiger charge is 2.53. The minimum atomic E-state index is -1.44. The van der Waals surface area contributed by atoms with Crippen LogP contribution in [-0.2, 0) is 54.1 Å². The number of benzene rings is 1. The van der Waals surface area contributed by atoms with E-state index in [2.05, 4.69) is 15.5 Å². The Kier molecular flexibility index (Phi) is 15.0. The summed E-state index contributed by atoms with van der Waals surface area (Å²) in [5.41, 5.74) is 3.36. The third-order valence-electron chi connectivity index (χ3n) is 7.58. The maximum Gasteiger partial charge on any atom is 0.304 e. The van der Waals surface area contributed by atoms with E-state index in [0.29, 0.717) is 43.9 Å². The molecule has 3 rings (SSSR count). The first-order valence-electron chi connectivity index (χ1n) is 16.3. The molecule has 1 fully saturated rings. The zero-order valence-electron chi connectivity index (χ0n) is 29.4. The number of nitrogens with zero attached hydrogens (tertiary/aromatic N) is 1. The molecule has 1 aliphatic heterocycles. The number of hydrogen-bond acceptors (Lipinski definition) is 14. The van der Waals surface area contributed by atoms with Crippen molar-refractivity contribution < 1.29 is 62.2 Å². The lowest BCUT2D eigenvalue weighted by Gasteiger charge is -2.43. The van der Waals surface area contributed by atoms with Crippen molar-refractivity contribution in [2.75, 3.05) is 26.3 Å². The fourth-order valence-electron chi connectivity index (χ4n) is 5.36. The summed E-state index contributed by atoms with van der Waals surface area (Å²) >= 11 is 0. The van der Waals surface area contributed by atoms with Crippen LogP contribution in [0.2, 0.25) is 0 Å². The monoisotopic (exact) mass is 705 g/mol. The largest absolute Gasteiger partial charge is 0.494 e. The van der Waals surface area contributed by atoms with Crippen molar-refractivity contribution in [3.05, 3.63) is 40.6 Å². The molecule has 1 aromatic carbocycles. The highest BCUT2D eigenvalue weighted by molar-refractivity contribution is 5.69. The van der Waals surface area contributed by atoms with Gasteiger partial charge in [-0.2, -0.15) is 0 Å². The molecule has 1 aliphatic rings. The van der Waals surface area contributed by atoms with Crippen LogP contribution < -0.4 is 14.8 Å². The number of rotatable bonds is 18. The predicted molar refractivity (Wildman–Crippen MR) is 174 cm³/mol. The van der Waals surface area contributed by atoms with Crippen LogP contribution in [0.3, 0.4) is 0 Å². The number of ether oxygens (including phenoxy) is 7. The zero-order chi connectivity index (χ0) is 37.0. The van der Waals surface area contributed by atoms with Gasteiger partial charge in [-0.05, 0) is 49.1 Å². The van der Waals surface area contributed by atoms with Crippen LogP contribution >= 0.6 is 0 Å². The lowest BCUT2D eigenvalue weighted by molar-refractivity contribution is -0.289. The number of H-pyrrole nitrogens is 1. The van der Waals surface area contributed by atoms with Crippen molar-refractivity contribution in [3.8, 4) is 11.6 Å². The van der Waals surface area contributed by atoms with E-state index in [1.54, 1.807) is 0 Å².